The highest BCUT2D eigenvalue weighted by atomic mass is 32.2. The van der Waals surface area contributed by atoms with Crippen LogP contribution in [-0.2, 0) is 16.6 Å². The molecular weight excluding hydrogens is 372 g/mol. The van der Waals surface area contributed by atoms with E-state index in [9.17, 15) is 13.2 Å². The van der Waals surface area contributed by atoms with E-state index in [4.69, 9.17) is 0 Å². The zero-order valence-electron chi connectivity index (χ0n) is 16.0. The average molecular weight is 399 g/mol. The molecule has 2 fully saturated rings. The molecule has 6 heteroatoms. The predicted octanol–water partition coefficient (Wildman–Crippen LogP) is 3.57. The maximum atomic E-state index is 12.6. The van der Waals surface area contributed by atoms with E-state index in [1.807, 2.05) is 30.3 Å². The van der Waals surface area contributed by atoms with Gasteiger partial charge < -0.3 is 5.32 Å². The van der Waals surface area contributed by atoms with Gasteiger partial charge in [-0.2, -0.15) is 0 Å². The summed E-state index contributed by atoms with van der Waals surface area (Å²) < 4.78 is 25.8. The molecule has 4 rings (SSSR count). The third kappa shape index (κ3) is 4.07. The molecule has 2 aliphatic rings. The first-order valence-electron chi connectivity index (χ1n) is 9.83. The fraction of sp³-hybridized carbons (Fsp3) is 0.409. The summed E-state index contributed by atoms with van der Waals surface area (Å²) in [5.74, 6) is 1.40. The average Bonchev–Trinajstić information content (AvgIpc) is 3.29. The van der Waals surface area contributed by atoms with E-state index in [1.165, 1.54) is 29.8 Å². The van der Waals surface area contributed by atoms with Gasteiger partial charge in [-0.25, -0.2) is 8.42 Å². The quantitative estimate of drug-likeness (QED) is 0.809. The SMILES string of the molecule is CS(=O)(=O)N(Cc1ccc(C(=O)N[C@H]2C[C@H]3CC[C@H]2C3)cc1)c1ccccc1. The van der Waals surface area contributed by atoms with E-state index in [2.05, 4.69) is 5.32 Å². The fourth-order valence-corrected chi connectivity index (χ4v) is 5.48. The lowest BCUT2D eigenvalue weighted by Crippen LogP contribution is -2.38. The van der Waals surface area contributed by atoms with Crippen molar-refractivity contribution in [3.63, 3.8) is 0 Å². The van der Waals surface area contributed by atoms with Crippen LogP contribution in [0.25, 0.3) is 0 Å². The largest absolute Gasteiger partial charge is 0.349 e. The van der Waals surface area contributed by atoms with Crippen molar-refractivity contribution >= 4 is 21.6 Å². The van der Waals surface area contributed by atoms with E-state index in [0.29, 0.717) is 23.2 Å². The van der Waals surface area contributed by atoms with Crippen LogP contribution < -0.4 is 9.62 Å². The molecule has 1 N–H and O–H groups in total. The first-order chi connectivity index (χ1) is 13.4. The Morgan fingerprint density at radius 3 is 2.32 bits per heavy atom. The molecule has 5 nitrogen and oxygen atoms in total. The summed E-state index contributed by atoms with van der Waals surface area (Å²) in [7, 11) is -3.41. The molecule has 2 aromatic carbocycles. The van der Waals surface area contributed by atoms with Crippen molar-refractivity contribution in [2.24, 2.45) is 11.8 Å². The molecule has 28 heavy (non-hydrogen) atoms. The number of hydrogen-bond donors (Lipinski definition) is 1. The number of benzene rings is 2. The molecule has 0 saturated heterocycles. The van der Waals surface area contributed by atoms with Gasteiger partial charge in [-0.1, -0.05) is 36.8 Å². The Bertz CT molecular complexity index is 942. The second-order valence-corrected chi connectivity index (χ2v) is 9.96. The van der Waals surface area contributed by atoms with Crippen molar-refractivity contribution in [2.75, 3.05) is 10.6 Å². The first-order valence-corrected chi connectivity index (χ1v) is 11.7. The van der Waals surface area contributed by atoms with Crippen LogP contribution in [0.1, 0.15) is 41.6 Å². The summed E-state index contributed by atoms with van der Waals surface area (Å²) in [6.45, 7) is 0.233. The Balaban J connectivity index is 1.44. The topological polar surface area (TPSA) is 66.5 Å². The molecule has 0 aromatic heterocycles. The van der Waals surface area contributed by atoms with E-state index in [0.717, 1.165) is 17.9 Å². The normalized spacial score (nSPS) is 23.5. The molecule has 148 valence electrons. The summed E-state index contributed by atoms with van der Waals surface area (Å²) in [5, 5.41) is 3.19. The van der Waals surface area contributed by atoms with Crippen LogP contribution in [0, 0.1) is 11.8 Å². The lowest BCUT2D eigenvalue weighted by atomic mass is 9.95. The molecule has 0 unspecified atom stereocenters. The Hall–Kier alpha value is -2.34. The van der Waals surface area contributed by atoms with Crippen molar-refractivity contribution < 1.29 is 13.2 Å². The van der Waals surface area contributed by atoms with Crippen molar-refractivity contribution in [1.82, 2.24) is 5.32 Å². The predicted molar refractivity (Wildman–Crippen MR) is 111 cm³/mol. The van der Waals surface area contributed by atoms with E-state index >= 15 is 0 Å². The molecule has 3 atom stereocenters. The number of rotatable bonds is 6. The van der Waals surface area contributed by atoms with E-state index in [1.54, 1.807) is 24.3 Å². The number of carbonyl (C=O) groups is 1. The van der Waals surface area contributed by atoms with E-state index < -0.39 is 10.0 Å². The van der Waals surface area contributed by atoms with Crippen LogP contribution in [0.3, 0.4) is 0 Å². The smallest absolute Gasteiger partial charge is 0.251 e. The minimum atomic E-state index is -3.41. The zero-order valence-corrected chi connectivity index (χ0v) is 16.9. The highest BCUT2D eigenvalue weighted by Crippen LogP contribution is 2.44. The maximum absolute atomic E-state index is 12.6. The van der Waals surface area contributed by atoms with Gasteiger partial charge >= 0.3 is 0 Å². The van der Waals surface area contributed by atoms with Gasteiger partial charge in [0.2, 0.25) is 10.0 Å². The lowest BCUT2D eigenvalue weighted by molar-refractivity contribution is 0.0923. The third-order valence-electron chi connectivity index (χ3n) is 6.04. The number of fused-ring (bicyclic) bond motifs is 2. The molecule has 0 radical (unpaired) electrons. The molecule has 0 aliphatic heterocycles. The zero-order chi connectivity index (χ0) is 19.7. The third-order valence-corrected chi connectivity index (χ3v) is 7.18. The van der Waals surface area contributed by atoms with Gasteiger partial charge in [0.15, 0.2) is 0 Å². The van der Waals surface area contributed by atoms with Crippen molar-refractivity contribution in [2.45, 2.75) is 38.3 Å². The first kappa shape index (κ1) is 19.0. The minimum absolute atomic E-state index is 0.0351. The van der Waals surface area contributed by atoms with Gasteiger partial charge in [0.05, 0.1) is 18.5 Å². The highest BCUT2D eigenvalue weighted by molar-refractivity contribution is 7.92. The summed E-state index contributed by atoms with van der Waals surface area (Å²) in [4.78, 5) is 12.6. The number of carbonyl (C=O) groups excluding carboxylic acids is 1. The molecule has 1 amide bonds. The van der Waals surface area contributed by atoms with Gasteiger partial charge in [0.1, 0.15) is 0 Å². The molecule has 0 heterocycles. The maximum Gasteiger partial charge on any atom is 0.251 e. The summed E-state index contributed by atoms with van der Waals surface area (Å²) in [6.07, 6.45) is 6.11. The van der Waals surface area contributed by atoms with Crippen LogP contribution in [-0.4, -0.2) is 26.6 Å². The Kier molecular flexibility index (Phi) is 5.15. The van der Waals surface area contributed by atoms with Gasteiger partial charge in [0, 0.05) is 11.6 Å². The number of nitrogens with zero attached hydrogens (tertiary/aromatic N) is 1. The second-order valence-electron chi connectivity index (χ2n) is 8.06. The summed E-state index contributed by atoms with van der Waals surface area (Å²) in [6, 6.07) is 16.6. The fourth-order valence-electron chi connectivity index (χ4n) is 4.59. The van der Waals surface area contributed by atoms with Crippen LogP contribution in [0.15, 0.2) is 54.6 Å². The molecule has 0 spiro atoms. The van der Waals surface area contributed by atoms with Gasteiger partial charge in [0.25, 0.3) is 5.91 Å². The van der Waals surface area contributed by atoms with Crippen LogP contribution >= 0.6 is 0 Å². The molecule has 2 aromatic rings. The summed E-state index contributed by atoms with van der Waals surface area (Å²) in [5.41, 5.74) is 2.09. The number of hydrogen-bond acceptors (Lipinski definition) is 3. The van der Waals surface area contributed by atoms with Gasteiger partial charge in [-0.3, -0.25) is 9.10 Å². The number of nitrogens with one attached hydrogen (secondary N) is 1. The van der Waals surface area contributed by atoms with E-state index in [-0.39, 0.29) is 12.5 Å². The number of sulfonamides is 1. The van der Waals surface area contributed by atoms with Crippen molar-refractivity contribution in [3.8, 4) is 0 Å². The van der Waals surface area contributed by atoms with Gasteiger partial charge in [-0.15, -0.1) is 0 Å². The van der Waals surface area contributed by atoms with Crippen molar-refractivity contribution in [3.05, 3.63) is 65.7 Å². The Labute approximate surface area is 166 Å². The molecule has 2 bridgehead atoms. The minimum Gasteiger partial charge on any atom is -0.349 e. The lowest BCUT2D eigenvalue weighted by Gasteiger charge is -2.23. The number of amides is 1. The number of anilines is 1. The van der Waals surface area contributed by atoms with Crippen LogP contribution in [0.2, 0.25) is 0 Å². The van der Waals surface area contributed by atoms with Crippen LogP contribution in [0.5, 0.6) is 0 Å². The van der Waals surface area contributed by atoms with Crippen molar-refractivity contribution in [1.29, 1.82) is 0 Å². The van der Waals surface area contributed by atoms with Crippen LogP contribution in [0.4, 0.5) is 5.69 Å². The highest BCUT2D eigenvalue weighted by Gasteiger charge is 2.40. The Morgan fingerprint density at radius 1 is 1.04 bits per heavy atom. The standard InChI is InChI=1S/C22H26N2O3S/c1-28(26,27)24(20-5-3-2-4-6-20)15-16-7-10-18(11-8-16)22(25)23-21-14-17-9-12-19(21)13-17/h2-8,10-11,17,19,21H,9,12-15H2,1H3,(H,23,25)/t17-,19-,21-/m0/s1. The monoisotopic (exact) mass is 398 g/mol. The molecule has 2 saturated carbocycles. The summed E-state index contributed by atoms with van der Waals surface area (Å²) >= 11 is 0. The molecule has 2 aliphatic carbocycles. The second kappa shape index (κ2) is 7.59. The number of para-hydroxylation sites is 1. The Morgan fingerprint density at radius 2 is 1.75 bits per heavy atom. The molecular formula is C22H26N2O3S. The van der Waals surface area contributed by atoms with Gasteiger partial charge in [-0.05, 0) is 60.9 Å².